The third-order valence-electron chi connectivity index (χ3n) is 8.55. The fourth-order valence-corrected chi connectivity index (χ4v) is 7.66. The summed E-state index contributed by atoms with van der Waals surface area (Å²) in [5, 5.41) is 10.0. The number of ketones is 2. The first-order valence-corrected chi connectivity index (χ1v) is 10.2. The first-order chi connectivity index (χ1) is 11.5. The van der Waals surface area contributed by atoms with Gasteiger partial charge in [-0.05, 0) is 87.4 Å². The van der Waals surface area contributed by atoms with Crippen LogP contribution in [-0.2, 0) is 9.59 Å². The molecule has 0 amide bonds. The lowest BCUT2D eigenvalue weighted by Crippen LogP contribution is -2.54. The van der Waals surface area contributed by atoms with Gasteiger partial charge < -0.3 is 5.11 Å². The van der Waals surface area contributed by atoms with Crippen LogP contribution >= 0.6 is 0 Å². The fourth-order valence-electron chi connectivity index (χ4n) is 7.66. The van der Waals surface area contributed by atoms with E-state index in [2.05, 4.69) is 6.92 Å². The topological polar surface area (TPSA) is 54.4 Å². The zero-order valence-corrected chi connectivity index (χ0v) is 15.2. The summed E-state index contributed by atoms with van der Waals surface area (Å²) >= 11 is 0. The predicted molar refractivity (Wildman–Crippen MR) is 92.3 cm³/mol. The number of rotatable bonds is 2. The van der Waals surface area contributed by atoms with Gasteiger partial charge in [0.15, 0.2) is 0 Å². The highest BCUT2D eigenvalue weighted by molar-refractivity contribution is 5.86. The van der Waals surface area contributed by atoms with Crippen molar-refractivity contribution in [3.05, 3.63) is 0 Å². The van der Waals surface area contributed by atoms with Crippen LogP contribution in [0.4, 0.5) is 0 Å². The molecule has 0 aromatic heterocycles. The normalized spacial score (nSPS) is 50.8. The highest BCUT2D eigenvalue weighted by atomic mass is 16.3. The van der Waals surface area contributed by atoms with Gasteiger partial charge in [-0.2, -0.15) is 0 Å². The van der Waals surface area contributed by atoms with Crippen molar-refractivity contribution in [3.8, 4) is 0 Å². The summed E-state index contributed by atoms with van der Waals surface area (Å²) in [6.07, 6.45) is 8.74. The second-order valence-corrected chi connectivity index (χ2v) is 9.23. The standard InChI is InChI=1S/C21H32O3/c1-3-21-11-19(24)20-15-7-5-14(23)10-13(15)4-6-16(20)18(21)9-8-17(21)12(2)22/h13-18,20,23H,3-11H2,1-2H3/t13-,14+,15+,16+,17-,18+,20-,21-/m1/s1. The van der Waals surface area contributed by atoms with Gasteiger partial charge in [-0.3, -0.25) is 9.59 Å². The zero-order chi connectivity index (χ0) is 17.1. The molecule has 134 valence electrons. The number of hydrogen-bond donors (Lipinski definition) is 1. The van der Waals surface area contributed by atoms with Gasteiger partial charge in [0, 0.05) is 18.3 Å². The number of carbonyl (C=O) groups is 2. The van der Waals surface area contributed by atoms with Crippen LogP contribution in [0.2, 0.25) is 0 Å². The van der Waals surface area contributed by atoms with Crippen molar-refractivity contribution in [1.82, 2.24) is 0 Å². The number of aliphatic hydroxyl groups excluding tert-OH is 1. The molecule has 4 saturated carbocycles. The Bertz CT molecular complexity index is 541. The monoisotopic (exact) mass is 332 g/mol. The summed E-state index contributed by atoms with van der Waals surface area (Å²) < 4.78 is 0. The van der Waals surface area contributed by atoms with E-state index in [9.17, 15) is 14.7 Å². The molecule has 0 aromatic rings. The minimum atomic E-state index is -0.148. The number of carbonyl (C=O) groups excluding carboxylic acids is 2. The molecule has 0 radical (unpaired) electrons. The van der Waals surface area contributed by atoms with Crippen LogP contribution in [0.15, 0.2) is 0 Å². The van der Waals surface area contributed by atoms with Crippen LogP contribution in [0.1, 0.15) is 71.6 Å². The van der Waals surface area contributed by atoms with Crippen LogP contribution in [0.3, 0.4) is 0 Å². The van der Waals surface area contributed by atoms with E-state index in [1.807, 2.05) is 0 Å². The summed E-state index contributed by atoms with van der Waals surface area (Å²) in [6, 6.07) is 0. The van der Waals surface area contributed by atoms with Crippen LogP contribution in [-0.4, -0.2) is 22.8 Å². The van der Waals surface area contributed by atoms with Crippen molar-refractivity contribution >= 4 is 11.6 Å². The molecule has 1 N–H and O–H groups in total. The molecule has 0 heterocycles. The summed E-state index contributed by atoms with van der Waals surface area (Å²) in [5.74, 6) is 3.25. The van der Waals surface area contributed by atoms with Gasteiger partial charge in [0.1, 0.15) is 11.6 Å². The van der Waals surface area contributed by atoms with Gasteiger partial charge in [0.25, 0.3) is 0 Å². The van der Waals surface area contributed by atoms with Crippen LogP contribution in [0, 0.1) is 40.9 Å². The number of aliphatic hydroxyl groups is 1. The molecule has 0 unspecified atom stereocenters. The van der Waals surface area contributed by atoms with Crippen molar-refractivity contribution in [3.63, 3.8) is 0 Å². The van der Waals surface area contributed by atoms with Gasteiger partial charge in [-0.1, -0.05) is 6.92 Å². The van der Waals surface area contributed by atoms with Gasteiger partial charge >= 0.3 is 0 Å². The largest absolute Gasteiger partial charge is 0.393 e. The molecule has 24 heavy (non-hydrogen) atoms. The number of hydrogen-bond acceptors (Lipinski definition) is 3. The Kier molecular flexibility index (Phi) is 4.14. The molecule has 4 fully saturated rings. The minimum absolute atomic E-state index is 0.0366. The molecule has 0 aliphatic heterocycles. The van der Waals surface area contributed by atoms with Crippen molar-refractivity contribution in [2.75, 3.05) is 0 Å². The lowest BCUT2D eigenvalue weighted by Gasteiger charge is -2.55. The Morgan fingerprint density at radius 2 is 1.88 bits per heavy atom. The molecule has 4 aliphatic carbocycles. The van der Waals surface area contributed by atoms with Crippen LogP contribution in [0.5, 0.6) is 0 Å². The minimum Gasteiger partial charge on any atom is -0.393 e. The zero-order valence-electron chi connectivity index (χ0n) is 15.2. The third kappa shape index (κ3) is 2.26. The number of Topliss-reactive ketones (excluding diaryl/α,β-unsaturated/α-hetero) is 2. The first-order valence-electron chi connectivity index (χ1n) is 10.2. The van der Waals surface area contributed by atoms with E-state index in [-0.39, 0.29) is 23.4 Å². The number of fused-ring (bicyclic) bond motifs is 5. The Balaban J connectivity index is 1.65. The second kappa shape index (κ2) is 5.93. The Hall–Kier alpha value is -0.700. The molecule has 4 rings (SSSR count). The van der Waals surface area contributed by atoms with E-state index in [1.165, 1.54) is 6.42 Å². The summed E-state index contributed by atoms with van der Waals surface area (Å²) in [7, 11) is 0. The average molecular weight is 332 g/mol. The third-order valence-corrected chi connectivity index (χ3v) is 8.55. The van der Waals surface area contributed by atoms with Gasteiger partial charge in [-0.15, -0.1) is 0 Å². The first kappa shape index (κ1) is 16.8. The van der Waals surface area contributed by atoms with E-state index in [1.54, 1.807) is 6.92 Å². The Morgan fingerprint density at radius 1 is 1.12 bits per heavy atom. The maximum atomic E-state index is 13.3. The summed E-state index contributed by atoms with van der Waals surface area (Å²) in [6.45, 7) is 3.94. The van der Waals surface area contributed by atoms with Gasteiger partial charge in [-0.25, -0.2) is 0 Å². The molecule has 3 nitrogen and oxygen atoms in total. The molecular formula is C21H32O3. The lowest BCUT2D eigenvalue weighted by atomic mass is 9.48. The smallest absolute Gasteiger partial charge is 0.137 e. The lowest BCUT2D eigenvalue weighted by molar-refractivity contribution is -0.151. The molecule has 8 atom stereocenters. The quantitative estimate of drug-likeness (QED) is 0.837. The van der Waals surface area contributed by atoms with Crippen molar-refractivity contribution in [1.29, 1.82) is 0 Å². The predicted octanol–water partition coefficient (Wildman–Crippen LogP) is 3.77. The Morgan fingerprint density at radius 3 is 2.58 bits per heavy atom. The van der Waals surface area contributed by atoms with E-state index in [4.69, 9.17) is 0 Å². The average Bonchev–Trinajstić information content (AvgIpc) is 2.94. The van der Waals surface area contributed by atoms with Crippen molar-refractivity contribution < 1.29 is 14.7 Å². The highest BCUT2D eigenvalue weighted by Crippen LogP contribution is 2.64. The molecule has 3 heteroatoms. The van der Waals surface area contributed by atoms with E-state index in [0.29, 0.717) is 41.7 Å². The highest BCUT2D eigenvalue weighted by Gasteiger charge is 2.61. The van der Waals surface area contributed by atoms with E-state index in [0.717, 1.165) is 44.9 Å². The summed E-state index contributed by atoms with van der Waals surface area (Å²) in [5.41, 5.74) is -0.0366. The van der Waals surface area contributed by atoms with E-state index >= 15 is 0 Å². The molecule has 0 aromatic carbocycles. The molecule has 0 spiro atoms. The van der Waals surface area contributed by atoms with Gasteiger partial charge in [0.05, 0.1) is 6.10 Å². The molecular weight excluding hydrogens is 300 g/mol. The second-order valence-electron chi connectivity index (χ2n) is 9.23. The van der Waals surface area contributed by atoms with Crippen molar-refractivity contribution in [2.45, 2.75) is 77.7 Å². The fraction of sp³-hybridized carbons (Fsp3) is 0.905. The SMILES string of the molecule is CC[C@]12CC(=O)[C@H]3[C@@H](CC[C@@H]4C[C@@H](O)CC[C@@H]43)[C@@H]1CC[C@@H]2C(C)=O. The van der Waals surface area contributed by atoms with Crippen LogP contribution in [0.25, 0.3) is 0 Å². The Labute approximate surface area is 145 Å². The van der Waals surface area contributed by atoms with Crippen LogP contribution < -0.4 is 0 Å². The maximum absolute atomic E-state index is 13.3. The molecule has 0 bridgehead atoms. The van der Waals surface area contributed by atoms with Crippen molar-refractivity contribution in [2.24, 2.45) is 40.9 Å². The summed E-state index contributed by atoms with van der Waals surface area (Å²) in [4.78, 5) is 25.5. The molecule has 4 aliphatic rings. The molecule has 0 saturated heterocycles. The van der Waals surface area contributed by atoms with Gasteiger partial charge in [0.2, 0.25) is 0 Å². The maximum Gasteiger partial charge on any atom is 0.137 e. The van der Waals surface area contributed by atoms with E-state index < -0.39 is 0 Å².